The minimum Gasteiger partial charge on any atom is -0.465 e. The van der Waals surface area contributed by atoms with Crippen molar-refractivity contribution < 1.29 is 13.9 Å². The van der Waals surface area contributed by atoms with Crippen LogP contribution in [-0.2, 0) is 11.2 Å². The minimum atomic E-state index is -0.401. The van der Waals surface area contributed by atoms with E-state index in [-0.39, 0.29) is 5.82 Å². The van der Waals surface area contributed by atoms with E-state index >= 15 is 0 Å². The van der Waals surface area contributed by atoms with Gasteiger partial charge in [0.1, 0.15) is 11.6 Å². The van der Waals surface area contributed by atoms with E-state index in [1.54, 1.807) is 30.6 Å². The molecule has 106 valence electrons. The van der Waals surface area contributed by atoms with E-state index in [1.807, 2.05) is 10.5 Å². The molecule has 0 N–H and O–H groups in total. The summed E-state index contributed by atoms with van der Waals surface area (Å²) in [6, 6.07) is 9.88. The number of rotatable bonds is 3. The molecule has 0 spiro atoms. The van der Waals surface area contributed by atoms with Gasteiger partial charge in [0.2, 0.25) is 0 Å². The van der Waals surface area contributed by atoms with Crippen LogP contribution in [0, 0.1) is 5.82 Å². The number of carbonyl (C=O) groups is 1. The van der Waals surface area contributed by atoms with Crippen molar-refractivity contribution in [3.05, 3.63) is 71.6 Å². The van der Waals surface area contributed by atoms with Gasteiger partial charge in [-0.05, 0) is 29.8 Å². The molecule has 0 amide bonds. The molecule has 0 aliphatic carbocycles. The van der Waals surface area contributed by atoms with Crippen LogP contribution >= 0.6 is 0 Å². The Kier molecular flexibility index (Phi) is 3.39. The molecule has 0 fully saturated rings. The van der Waals surface area contributed by atoms with E-state index in [9.17, 15) is 9.18 Å². The fraction of sp³-hybridized carbons (Fsp3) is 0.125. The molecule has 4 nitrogen and oxygen atoms in total. The summed E-state index contributed by atoms with van der Waals surface area (Å²) in [6.45, 7) is 0. The molecule has 0 bridgehead atoms. The highest BCUT2D eigenvalue weighted by Crippen LogP contribution is 2.14. The van der Waals surface area contributed by atoms with Gasteiger partial charge in [0.15, 0.2) is 0 Å². The van der Waals surface area contributed by atoms with Crippen LogP contribution in [0.25, 0.3) is 5.52 Å². The van der Waals surface area contributed by atoms with Crippen molar-refractivity contribution in [3.63, 3.8) is 0 Å². The number of benzene rings is 1. The zero-order valence-corrected chi connectivity index (χ0v) is 11.4. The predicted molar refractivity (Wildman–Crippen MR) is 75.7 cm³/mol. The Morgan fingerprint density at radius 2 is 2.19 bits per heavy atom. The SMILES string of the molecule is COC(=O)c1ccc2cnc(Cc3cccc(F)c3)n2c1. The molecule has 21 heavy (non-hydrogen) atoms. The lowest BCUT2D eigenvalue weighted by Crippen LogP contribution is -2.04. The van der Waals surface area contributed by atoms with E-state index in [0.29, 0.717) is 12.0 Å². The summed E-state index contributed by atoms with van der Waals surface area (Å²) < 4.78 is 19.8. The van der Waals surface area contributed by atoms with E-state index in [2.05, 4.69) is 4.98 Å². The Hall–Kier alpha value is -2.69. The third-order valence-electron chi connectivity index (χ3n) is 3.28. The first-order chi connectivity index (χ1) is 10.2. The molecule has 0 aliphatic rings. The van der Waals surface area contributed by atoms with Crippen molar-refractivity contribution in [1.29, 1.82) is 0 Å². The summed E-state index contributed by atoms with van der Waals surface area (Å²) in [5.74, 6) is 0.0623. The van der Waals surface area contributed by atoms with E-state index < -0.39 is 5.97 Å². The highest BCUT2D eigenvalue weighted by atomic mass is 19.1. The van der Waals surface area contributed by atoms with Crippen molar-refractivity contribution in [2.45, 2.75) is 6.42 Å². The van der Waals surface area contributed by atoms with Gasteiger partial charge in [-0.15, -0.1) is 0 Å². The molecule has 3 rings (SSSR count). The predicted octanol–water partition coefficient (Wildman–Crippen LogP) is 2.85. The van der Waals surface area contributed by atoms with Crippen LogP contribution in [-0.4, -0.2) is 22.5 Å². The highest BCUT2D eigenvalue weighted by Gasteiger charge is 2.10. The van der Waals surface area contributed by atoms with Gasteiger partial charge in [-0.2, -0.15) is 0 Å². The lowest BCUT2D eigenvalue weighted by molar-refractivity contribution is 0.0600. The molecule has 1 aromatic carbocycles. The van der Waals surface area contributed by atoms with Crippen molar-refractivity contribution in [3.8, 4) is 0 Å². The average Bonchev–Trinajstić information content (AvgIpc) is 2.89. The summed E-state index contributed by atoms with van der Waals surface area (Å²) in [5.41, 5.74) is 2.14. The summed E-state index contributed by atoms with van der Waals surface area (Å²) >= 11 is 0. The first-order valence-electron chi connectivity index (χ1n) is 6.46. The summed E-state index contributed by atoms with van der Waals surface area (Å²) in [4.78, 5) is 15.9. The number of esters is 1. The number of methoxy groups -OCH3 is 1. The Morgan fingerprint density at radius 3 is 2.95 bits per heavy atom. The molecule has 5 heteroatoms. The van der Waals surface area contributed by atoms with Crippen LogP contribution in [0.2, 0.25) is 0 Å². The number of imidazole rings is 1. The van der Waals surface area contributed by atoms with Crippen LogP contribution in [0.5, 0.6) is 0 Å². The Balaban J connectivity index is 2.00. The lowest BCUT2D eigenvalue weighted by atomic mass is 10.1. The van der Waals surface area contributed by atoms with Crippen molar-refractivity contribution in [1.82, 2.24) is 9.38 Å². The standard InChI is InChI=1S/C16H13FN2O2/c1-21-16(20)12-5-6-14-9-18-15(19(14)10-12)8-11-3-2-4-13(17)7-11/h2-7,9-10H,8H2,1H3. The normalized spacial score (nSPS) is 10.8. The number of hydrogen-bond acceptors (Lipinski definition) is 3. The van der Waals surface area contributed by atoms with Crippen LogP contribution in [0.15, 0.2) is 48.8 Å². The Bertz CT molecular complexity index is 811. The molecular weight excluding hydrogens is 271 g/mol. The number of fused-ring (bicyclic) bond motifs is 1. The second kappa shape index (κ2) is 5.36. The first-order valence-corrected chi connectivity index (χ1v) is 6.46. The second-order valence-electron chi connectivity index (χ2n) is 4.69. The average molecular weight is 284 g/mol. The number of hydrogen-bond donors (Lipinski definition) is 0. The number of carbonyl (C=O) groups excluding carboxylic acids is 1. The topological polar surface area (TPSA) is 43.6 Å². The lowest BCUT2D eigenvalue weighted by Gasteiger charge is -2.04. The van der Waals surface area contributed by atoms with Crippen LogP contribution < -0.4 is 0 Å². The number of nitrogens with zero attached hydrogens (tertiary/aromatic N) is 2. The number of pyridine rings is 1. The molecule has 2 heterocycles. The highest BCUT2D eigenvalue weighted by molar-refractivity contribution is 5.89. The quantitative estimate of drug-likeness (QED) is 0.695. The van der Waals surface area contributed by atoms with Crippen molar-refractivity contribution in [2.24, 2.45) is 0 Å². The zero-order valence-electron chi connectivity index (χ0n) is 11.4. The minimum absolute atomic E-state index is 0.274. The number of halogens is 1. The second-order valence-corrected chi connectivity index (χ2v) is 4.69. The van der Waals surface area contributed by atoms with Crippen molar-refractivity contribution in [2.75, 3.05) is 7.11 Å². The van der Waals surface area contributed by atoms with Gasteiger partial charge in [-0.1, -0.05) is 12.1 Å². The molecule has 0 atom stereocenters. The maximum atomic E-state index is 13.2. The van der Waals surface area contributed by atoms with Gasteiger partial charge in [0, 0.05) is 12.6 Å². The van der Waals surface area contributed by atoms with Gasteiger partial charge in [-0.3, -0.25) is 0 Å². The third-order valence-corrected chi connectivity index (χ3v) is 3.28. The molecular formula is C16H13FN2O2. The molecule has 0 radical (unpaired) electrons. The molecule has 0 unspecified atom stereocenters. The largest absolute Gasteiger partial charge is 0.465 e. The molecule has 2 aromatic heterocycles. The third kappa shape index (κ3) is 2.63. The monoisotopic (exact) mass is 284 g/mol. The van der Waals surface area contributed by atoms with Gasteiger partial charge in [0.25, 0.3) is 0 Å². The van der Waals surface area contributed by atoms with Gasteiger partial charge < -0.3 is 9.14 Å². The smallest absolute Gasteiger partial charge is 0.339 e. The molecule has 0 saturated carbocycles. The maximum Gasteiger partial charge on any atom is 0.339 e. The van der Waals surface area contributed by atoms with E-state index in [4.69, 9.17) is 4.74 Å². The molecule has 3 aromatic rings. The molecule has 0 aliphatic heterocycles. The van der Waals surface area contributed by atoms with Crippen LogP contribution in [0.1, 0.15) is 21.7 Å². The fourth-order valence-electron chi connectivity index (χ4n) is 2.24. The Labute approximate surface area is 120 Å². The Morgan fingerprint density at radius 1 is 1.33 bits per heavy atom. The summed E-state index contributed by atoms with van der Waals surface area (Å²) in [6.07, 6.45) is 3.88. The summed E-state index contributed by atoms with van der Waals surface area (Å²) in [7, 11) is 1.34. The fourth-order valence-corrected chi connectivity index (χ4v) is 2.24. The van der Waals surface area contributed by atoms with E-state index in [0.717, 1.165) is 16.9 Å². The maximum absolute atomic E-state index is 13.2. The van der Waals surface area contributed by atoms with Gasteiger partial charge in [0.05, 0.1) is 24.4 Å². The molecule has 0 saturated heterocycles. The summed E-state index contributed by atoms with van der Waals surface area (Å²) in [5, 5.41) is 0. The van der Waals surface area contributed by atoms with Gasteiger partial charge >= 0.3 is 5.97 Å². The van der Waals surface area contributed by atoms with Gasteiger partial charge in [-0.25, -0.2) is 14.2 Å². The first kappa shape index (κ1) is 13.3. The van der Waals surface area contributed by atoms with E-state index in [1.165, 1.54) is 19.2 Å². The number of ether oxygens (including phenoxy) is 1. The van der Waals surface area contributed by atoms with Crippen LogP contribution in [0.3, 0.4) is 0 Å². The number of aromatic nitrogens is 2. The zero-order chi connectivity index (χ0) is 14.8. The van der Waals surface area contributed by atoms with Crippen LogP contribution in [0.4, 0.5) is 4.39 Å². The van der Waals surface area contributed by atoms with Crippen molar-refractivity contribution >= 4 is 11.5 Å².